The van der Waals surface area contributed by atoms with Crippen LogP contribution in [0.3, 0.4) is 0 Å². The maximum atomic E-state index is 14.0. The summed E-state index contributed by atoms with van der Waals surface area (Å²) in [6.07, 6.45) is 0. The third kappa shape index (κ3) is 2.31. The highest BCUT2D eigenvalue weighted by molar-refractivity contribution is 6.06. The van der Waals surface area contributed by atoms with E-state index in [2.05, 4.69) is 5.32 Å². The molecule has 0 saturated carbocycles. The Morgan fingerprint density at radius 3 is 2.47 bits per heavy atom. The van der Waals surface area contributed by atoms with E-state index in [1.54, 1.807) is 32.0 Å². The molecule has 5 nitrogen and oxygen atoms in total. The topological polar surface area (TPSA) is 75.4 Å². The van der Waals surface area contributed by atoms with Crippen molar-refractivity contribution < 1.29 is 14.0 Å². The SMILES string of the molecule is CC1(C)NC(=O)N(Cc2cccc(CN)c2F)C1=O. The number of carbonyl (C=O) groups is 2. The Labute approximate surface area is 110 Å². The van der Waals surface area contributed by atoms with Crippen molar-refractivity contribution >= 4 is 11.9 Å². The van der Waals surface area contributed by atoms with E-state index in [4.69, 9.17) is 5.73 Å². The van der Waals surface area contributed by atoms with Gasteiger partial charge in [0.25, 0.3) is 5.91 Å². The van der Waals surface area contributed by atoms with Crippen molar-refractivity contribution in [3.63, 3.8) is 0 Å². The second-order valence-electron chi connectivity index (χ2n) is 5.04. The number of nitrogens with two attached hydrogens (primary N) is 1. The van der Waals surface area contributed by atoms with Crippen LogP contribution >= 0.6 is 0 Å². The van der Waals surface area contributed by atoms with Crippen molar-refractivity contribution in [2.75, 3.05) is 0 Å². The second-order valence-corrected chi connectivity index (χ2v) is 5.04. The molecule has 1 saturated heterocycles. The highest BCUT2D eigenvalue weighted by atomic mass is 19.1. The first-order chi connectivity index (χ1) is 8.86. The van der Waals surface area contributed by atoms with Gasteiger partial charge in [0.15, 0.2) is 0 Å². The molecule has 0 radical (unpaired) electrons. The fraction of sp³-hybridized carbons (Fsp3) is 0.385. The third-order valence-electron chi connectivity index (χ3n) is 3.15. The summed E-state index contributed by atoms with van der Waals surface area (Å²) in [5.41, 5.74) is 5.13. The molecule has 2 rings (SSSR count). The minimum atomic E-state index is -0.945. The van der Waals surface area contributed by atoms with E-state index in [1.165, 1.54) is 0 Å². The predicted molar refractivity (Wildman–Crippen MR) is 67.5 cm³/mol. The number of nitrogens with zero attached hydrogens (tertiary/aromatic N) is 1. The van der Waals surface area contributed by atoms with E-state index < -0.39 is 17.4 Å². The summed E-state index contributed by atoms with van der Waals surface area (Å²) < 4.78 is 14.0. The molecule has 1 aliphatic rings. The molecule has 19 heavy (non-hydrogen) atoms. The summed E-state index contributed by atoms with van der Waals surface area (Å²) in [6, 6.07) is 4.27. The van der Waals surface area contributed by atoms with Crippen LogP contribution < -0.4 is 11.1 Å². The number of imide groups is 1. The minimum absolute atomic E-state index is 0.0747. The predicted octanol–water partition coefficient (Wildman–Crippen LogP) is 1.11. The van der Waals surface area contributed by atoms with Gasteiger partial charge in [-0.2, -0.15) is 0 Å². The molecule has 1 aromatic rings. The summed E-state index contributed by atoms with van der Waals surface area (Å²) in [4.78, 5) is 24.7. The molecule has 1 aliphatic heterocycles. The van der Waals surface area contributed by atoms with Gasteiger partial charge in [-0.25, -0.2) is 9.18 Å². The molecule has 1 fully saturated rings. The van der Waals surface area contributed by atoms with Crippen LogP contribution in [0.4, 0.5) is 9.18 Å². The molecule has 0 atom stereocenters. The maximum Gasteiger partial charge on any atom is 0.325 e. The zero-order chi connectivity index (χ0) is 14.2. The minimum Gasteiger partial charge on any atom is -0.326 e. The monoisotopic (exact) mass is 265 g/mol. The highest BCUT2D eigenvalue weighted by Gasteiger charge is 2.44. The fourth-order valence-corrected chi connectivity index (χ4v) is 2.04. The van der Waals surface area contributed by atoms with Gasteiger partial charge in [0, 0.05) is 17.7 Å². The summed E-state index contributed by atoms with van der Waals surface area (Å²) >= 11 is 0. The fourth-order valence-electron chi connectivity index (χ4n) is 2.04. The number of urea groups is 1. The lowest BCUT2D eigenvalue weighted by Gasteiger charge is -2.16. The van der Waals surface area contributed by atoms with E-state index in [0.717, 1.165) is 4.90 Å². The lowest BCUT2D eigenvalue weighted by molar-refractivity contribution is -0.130. The molecular formula is C13H16FN3O2. The number of amides is 3. The van der Waals surface area contributed by atoms with E-state index in [9.17, 15) is 14.0 Å². The number of halogens is 1. The van der Waals surface area contributed by atoms with Crippen LogP contribution in [0.25, 0.3) is 0 Å². The lowest BCUT2D eigenvalue weighted by Crippen LogP contribution is -2.40. The molecule has 0 spiro atoms. The molecule has 3 N–H and O–H groups in total. The molecule has 0 aliphatic carbocycles. The van der Waals surface area contributed by atoms with Crippen LogP contribution in [0.1, 0.15) is 25.0 Å². The zero-order valence-corrected chi connectivity index (χ0v) is 10.9. The van der Waals surface area contributed by atoms with Crippen LogP contribution in [0.15, 0.2) is 18.2 Å². The Hall–Kier alpha value is -1.95. The molecular weight excluding hydrogens is 249 g/mol. The first-order valence-electron chi connectivity index (χ1n) is 5.97. The third-order valence-corrected chi connectivity index (χ3v) is 3.15. The van der Waals surface area contributed by atoms with E-state index in [0.29, 0.717) is 5.56 Å². The molecule has 0 aromatic heterocycles. The van der Waals surface area contributed by atoms with Gasteiger partial charge in [-0.15, -0.1) is 0 Å². The van der Waals surface area contributed by atoms with E-state index in [1.807, 2.05) is 0 Å². The molecule has 3 amide bonds. The van der Waals surface area contributed by atoms with Gasteiger partial charge in [0.1, 0.15) is 11.4 Å². The summed E-state index contributed by atoms with van der Waals surface area (Å²) in [6.45, 7) is 3.21. The molecule has 0 bridgehead atoms. The summed E-state index contributed by atoms with van der Waals surface area (Å²) in [5, 5.41) is 2.55. The van der Waals surface area contributed by atoms with Crippen molar-refractivity contribution in [1.82, 2.24) is 10.2 Å². The Morgan fingerprint density at radius 2 is 1.95 bits per heavy atom. The van der Waals surface area contributed by atoms with Crippen molar-refractivity contribution in [2.45, 2.75) is 32.5 Å². The van der Waals surface area contributed by atoms with E-state index >= 15 is 0 Å². The lowest BCUT2D eigenvalue weighted by atomic mass is 10.1. The van der Waals surface area contributed by atoms with Crippen LogP contribution in [-0.2, 0) is 17.9 Å². The number of nitrogens with one attached hydrogen (secondary N) is 1. The van der Waals surface area contributed by atoms with Crippen LogP contribution in [0.5, 0.6) is 0 Å². The van der Waals surface area contributed by atoms with Gasteiger partial charge >= 0.3 is 6.03 Å². The van der Waals surface area contributed by atoms with Crippen molar-refractivity contribution in [1.29, 1.82) is 0 Å². The number of benzene rings is 1. The van der Waals surface area contributed by atoms with Crippen LogP contribution in [0.2, 0.25) is 0 Å². The van der Waals surface area contributed by atoms with Gasteiger partial charge in [0.05, 0.1) is 6.54 Å². The Kier molecular flexibility index (Phi) is 3.28. The Morgan fingerprint density at radius 1 is 1.32 bits per heavy atom. The van der Waals surface area contributed by atoms with Crippen LogP contribution in [-0.4, -0.2) is 22.4 Å². The molecule has 0 unspecified atom stereocenters. The van der Waals surface area contributed by atoms with Crippen LogP contribution in [0, 0.1) is 5.82 Å². The quantitative estimate of drug-likeness (QED) is 0.804. The average Bonchev–Trinajstić information content (AvgIpc) is 2.54. The Balaban J connectivity index is 2.28. The smallest absolute Gasteiger partial charge is 0.325 e. The maximum absolute atomic E-state index is 14.0. The standard InChI is InChI=1S/C13H16FN3O2/c1-13(2)11(18)17(12(19)16-13)7-9-5-3-4-8(6-15)10(9)14/h3-5H,6-7,15H2,1-2H3,(H,16,19). The number of hydrogen-bond acceptors (Lipinski definition) is 3. The van der Waals surface area contributed by atoms with Crippen molar-refractivity contribution in [3.8, 4) is 0 Å². The van der Waals surface area contributed by atoms with Gasteiger partial charge in [-0.3, -0.25) is 9.69 Å². The zero-order valence-electron chi connectivity index (χ0n) is 10.9. The van der Waals surface area contributed by atoms with Crippen molar-refractivity contribution in [2.24, 2.45) is 5.73 Å². The molecule has 1 heterocycles. The normalized spacial score (nSPS) is 17.8. The molecule has 6 heteroatoms. The molecule has 102 valence electrons. The first-order valence-corrected chi connectivity index (χ1v) is 5.97. The number of carbonyl (C=O) groups excluding carboxylic acids is 2. The van der Waals surface area contributed by atoms with Gasteiger partial charge in [-0.05, 0) is 13.8 Å². The Bertz CT molecular complexity index is 543. The van der Waals surface area contributed by atoms with E-state index in [-0.39, 0.29) is 24.6 Å². The largest absolute Gasteiger partial charge is 0.326 e. The van der Waals surface area contributed by atoms with Gasteiger partial charge in [0.2, 0.25) is 0 Å². The van der Waals surface area contributed by atoms with Gasteiger partial charge < -0.3 is 11.1 Å². The summed E-state index contributed by atoms with van der Waals surface area (Å²) in [5.74, 6) is -0.828. The van der Waals surface area contributed by atoms with Crippen molar-refractivity contribution in [3.05, 3.63) is 35.1 Å². The van der Waals surface area contributed by atoms with Gasteiger partial charge in [-0.1, -0.05) is 18.2 Å². The average molecular weight is 265 g/mol. The second kappa shape index (κ2) is 4.62. The number of rotatable bonds is 3. The molecule has 1 aromatic carbocycles. The highest BCUT2D eigenvalue weighted by Crippen LogP contribution is 2.21. The number of hydrogen-bond donors (Lipinski definition) is 2. The summed E-state index contributed by atoms with van der Waals surface area (Å²) in [7, 11) is 0. The first kappa shape index (κ1) is 13.5.